The molecule has 0 aliphatic carbocycles. The summed E-state index contributed by atoms with van der Waals surface area (Å²) >= 11 is 0. The maximum atomic E-state index is 13.1. The number of H-pyrrole nitrogens is 1. The molecular weight excluding hydrogens is 356 g/mol. The molecule has 0 unspecified atom stereocenters. The average molecular weight is 380 g/mol. The second-order valence-corrected chi connectivity index (χ2v) is 7.73. The Hall–Kier alpha value is -3.33. The molecule has 4 aromatic rings. The number of benzene rings is 3. The highest BCUT2D eigenvalue weighted by Crippen LogP contribution is 2.28. The van der Waals surface area contributed by atoms with Gasteiger partial charge in [0.25, 0.3) is 5.91 Å². The van der Waals surface area contributed by atoms with E-state index in [0.717, 1.165) is 36.0 Å². The number of para-hydroxylation sites is 1. The lowest BCUT2D eigenvalue weighted by atomic mass is 10.0. The molecule has 1 N–H and O–H groups in total. The molecule has 3 heteroatoms. The number of fused-ring (bicyclic) bond motifs is 3. The third-order valence-corrected chi connectivity index (χ3v) is 6.00. The van der Waals surface area contributed by atoms with Gasteiger partial charge in [0, 0.05) is 47.2 Å². The van der Waals surface area contributed by atoms with E-state index < -0.39 is 0 Å². The monoisotopic (exact) mass is 380 g/mol. The van der Waals surface area contributed by atoms with Crippen LogP contribution in [0.4, 0.5) is 0 Å². The summed E-state index contributed by atoms with van der Waals surface area (Å²) < 4.78 is 0. The van der Waals surface area contributed by atoms with Gasteiger partial charge in [0.2, 0.25) is 0 Å². The van der Waals surface area contributed by atoms with Gasteiger partial charge >= 0.3 is 0 Å². The van der Waals surface area contributed by atoms with Crippen LogP contribution in [0.2, 0.25) is 0 Å². The first-order chi connectivity index (χ1) is 14.2. The van der Waals surface area contributed by atoms with Crippen molar-refractivity contribution in [3.8, 4) is 11.1 Å². The van der Waals surface area contributed by atoms with Gasteiger partial charge in [-0.15, -0.1) is 0 Å². The van der Waals surface area contributed by atoms with E-state index in [-0.39, 0.29) is 5.91 Å². The molecule has 0 saturated carbocycles. The summed E-state index contributed by atoms with van der Waals surface area (Å²) in [5.74, 6) is 0.105. The summed E-state index contributed by atoms with van der Waals surface area (Å²) in [5.41, 5.74) is 8.09. The molecular formula is C26H24N2O. The maximum absolute atomic E-state index is 13.1. The number of carbonyl (C=O) groups is 1. The lowest BCUT2D eigenvalue weighted by Gasteiger charge is -2.27. The minimum absolute atomic E-state index is 0.105. The number of amides is 1. The van der Waals surface area contributed by atoms with Crippen LogP contribution >= 0.6 is 0 Å². The number of carbonyl (C=O) groups excluding carboxylic acids is 1. The van der Waals surface area contributed by atoms with E-state index in [9.17, 15) is 4.79 Å². The average Bonchev–Trinajstić information content (AvgIpc) is 3.17. The third-order valence-electron chi connectivity index (χ3n) is 6.00. The molecule has 1 aliphatic heterocycles. The number of aromatic nitrogens is 1. The van der Waals surface area contributed by atoms with Crippen LogP contribution in [0.3, 0.4) is 0 Å². The van der Waals surface area contributed by atoms with Gasteiger partial charge in [-0.3, -0.25) is 4.79 Å². The van der Waals surface area contributed by atoms with Crippen molar-refractivity contribution in [2.24, 2.45) is 0 Å². The lowest BCUT2D eigenvalue weighted by Crippen LogP contribution is -2.35. The zero-order valence-corrected chi connectivity index (χ0v) is 16.6. The zero-order chi connectivity index (χ0) is 19.8. The second-order valence-electron chi connectivity index (χ2n) is 7.73. The summed E-state index contributed by atoms with van der Waals surface area (Å²) in [5, 5.41) is 1.23. The fourth-order valence-electron chi connectivity index (χ4n) is 4.26. The molecule has 1 amide bonds. The van der Waals surface area contributed by atoms with E-state index in [4.69, 9.17) is 0 Å². The fraction of sp³-hybridized carbons (Fsp3) is 0.192. The van der Waals surface area contributed by atoms with Gasteiger partial charge in [-0.05, 0) is 41.3 Å². The van der Waals surface area contributed by atoms with Crippen molar-refractivity contribution in [1.82, 2.24) is 9.88 Å². The maximum Gasteiger partial charge on any atom is 0.254 e. The minimum atomic E-state index is 0.105. The molecule has 3 nitrogen and oxygen atoms in total. The van der Waals surface area contributed by atoms with Crippen LogP contribution in [0.15, 0.2) is 72.8 Å². The second kappa shape index (κ2) is 7.25. The van der Waals surface area contributed by atoms with Crippen LogP contribution < -0.4 is 0 Å². The van der Waals surface area contributed by atoms with Crippen LogP contribution in [-0.2, 0) is 19.4 Å². The summed E-state index contributed by atoms with van der Waals surface area (Å²) in [6.45, 7) is 3.58. The van der Waals surface area contributed by atoms with Crippen molar-refractivity contribution in [1.29, 1.82) is 0 Å². The number of rotatable bonds is 3. The Kier molecular flexibility index (Phi) is 4.44. The van der Waals surface area contributed by atoms with Gasteiger partial charge in [-0.25, -0.2) is 0 Å². The molecule has 1 aliphatic rings. The summed E-state index contributed by atoms with van der Waals surface area (Å²) in [4.78, 5) is 18.6. The van der Waals surface area contributed by atoms with E-state index in [1.54, 1.807) is 0 Å². The van der Waals surface area contributed by atoms with E-state index >= 15 is 0 Å². The quantitative estimate of drug-likeness (QED) is 0.494. The molecule has 0 fully saturated rings. The zero-order valence-electron chi connectivity index (χ0n) is 16.6. The van der Waals surface area contributed by atoms with Crippen molar-refractivity contribution in [2.45, 2.75) is 26.3 Å². The molecule has 0 bridgehead atoms. The molecule has 0 radical (unpaired) electrons. The first-order valence-electron chi connectivity index (χ1n) is 10.3. The van der Waals surface area contributed by atoms with Crippen LogP contribution in [0.5, 0.6) is 0 Å². The first kappa shape index (κ1) is 17.7. The summed E-state index contributed by atoms with van der Waals surface area (Å²) in [7, 11) is 0. The predicted octanol–water partition coefficient (Wildman–Crippen LogP) is 5.60. The molecule has 5 rings (SSSR count). The Balaban J connectivity index is 1.36. The van der Waals surface area contributed by atoms with Crippen LogP contribution in [0, 0.1) is 0 Å². The van der Waals surface area contributed by atoms with E-state index in [2.05, 4.69) is 66.5 Å². The van der Waals surface area contributed by atoms with Crippen molar-refractivity contribution in [2.75, 3.05) is 6.54 Å². The first-order valence-corrected chi connectivity index (χ1v) is 10.3. The molecule has 0 spiro atoms. The number of nitrogens with zero attached hydrogens (tertiary/aromatic N) is 1. The highest BCUT2D eigenvalue weighted by Gasteiger charge is 2.24. The Bertz CT molecular complexity index is 1170. The van der Waals surface area contributed by atoms with Crippen LogP contribution in [-0.4, -0.2) is 22.3 Å². The molecule has 2 heterocycles. The summed E-state index contributed by atoms with van der Waals surface area (Å²) in [6, 6.07) is 25.0. The molecule has 29 heavy (non-hydrogen) atoms. The lowest BCUT2D eigenvalue weighted by molar-refractivity contribution is 0.0735. The van der Waals surface area contributed by atoms with Gasteiger partial charge < -0.3 is 9.88 Å². The van der Waals surface area contributed by atoms with E-state index in [1.165, 1.54) is 27.8 Å². The van der Waals surface area contributed by atoms with Gasteiger partial charge in [0.15, 0.2) is 0 Å². The molecule has 144 valence electrons. The Morgan fingerprint density at radius 2 is 1.62 bits per heavy atom. The smallest absolute Gasteiger partial charge is 0.254 e. The van der Waals surface area contributed by atoms with Crippen molar-refractivity contribution >= 4 is 16.8 Å². The fourth-order valence-corrected chi connectivity index (χ4v) is 4.26. The molecule has 1 aromatic heterocycles. The van der Waals surface area contributed by atoms with Crippen LogP contribution in [0.25, 0.3) is 22.0 Å². The minimum Gasteiger partial charge on any atom is -0.358 e. The Labute approximate surface area is 171 Å². The standard InChI is InChI=1S/C26H24N2O/c1-2-18-7-9-19(10-8-18)20-11-13-21(14-12-20)26(29)28-16-15-25-23(17-28)22-5-3-4-6-24(22)27-25/h3-14,27H,2,15-17H2,1H3. The third kappa shape index (κ3) is 3.23. The van der Waals surface area contributed by atoms with Gasteiger partial charge in [0.05, 0.1) is 0 Å². The molecule has 3 aromatic carbocycles. The number of aromatic amines is 1. The van der Waals surface area contributed by atoms with Crippen molar-refractivity contribution in [3.05, 3.63) is 95.2 Å². The van der Waals surface area contributed by atoms with Crippen molar-refractivity contribution < 1.29 is 4.79 Å². The Morgan fingerprint density at radius 3 is 2.34 bits per heavy atom. The van der Waals surface area contributed by atoms with Crippen molar-refractivity contribution in [3.63, 3.8) is 0 Å². The predicted molar refractivity (Wildman–Crippen MR) is 118 cm³/mol. The number of hydrogen-bond donors (Lipinski definition) is 1. The van der Waals surface area contributed by atoms with Gasteiger partial charge in [-0.2, -0.15) is 0 Å². The topological polar surface area (TPSA) is 36.1 Å². The van der Waals surface area contributed by atoms with Gasteiger partial charge in [-0.1, -0.05) is 61.5 Å². The van der Waals surface area contributed by atoms with E-state index in [0.29, 0.717) is 6.54 Å². The number of hydrogen-bond acceptors (Lipinski definition) is 1. The van der Waals surface area contributed by atoms with E-state index in [1.807, 2.05) is 23.1 Å². The highest BCUT2D eigenvalue weighted by molar-refractivity contribution is 5.95. The van der Waals surface area contributed by atoms with Crippen LogP contribution in [0.1, 0.15) is 34.1 Å². The largest absolute Gasteiger partial charge is 0.358 e. The molecule has 0 saturated heterocycles. The highest BCUT2D eigenvalue weighted by atomic mass is 16.2. The van der Waals surface area contributed by atoms with Gasteiger partial charge in [0.1, 0.15) is 0 Å². The Morgan fingerprint density at radius 1 is 0.931 bits per heavy atom. The number of nitrogens with one attached hydrogen (secondary N) is 1. The SMILES string of the molecule is CCc1ccc(-c2ccc(C(=O)N3CCc4[nH]c5ccccc5c4C3)cc2)cc1. The molecule has 0 atom stereocenters. The summed E-state index contributed by atoms with van der Waals surface area (Å²) in [6.07, 6.45) is 1.92. The number of aryl methyl sites for hydroxylation is 1. The normalized spacial score (nSPS) is 13.5.